The molecule has 4 fully saturated rings. The van der Waals surface area contributed by atoms with Crippen LogP contribution >= 0.6 is 0 Å². The van der Waals surface area contributed by atoms with E-state index in [1.165, 1.54) is 32.1 Å². The molecule has 2 heteroatoms. The van der Waals surface area contributed by atoms with Crippen molar-refractivity contribution in [3.8, 4) is 0 Å². The second kappa shape index (κ2) is 6.49. The minimum absolute atomic E-state index is 0.00511. The molecule has 0 bridgehead atoms. The van der Waals surface area contributed by atoms with Gasteiger partial charge in [-0.1, -0.05) is 59.6 Å². The van der Waals surface area contributed by atoms with Gasteiger partial charge in [0.2, 0.25) is 0 Å². The SMILES string of the molecule is CC1(C)CCC2C(=O)CC3(C)C(=C2C1)CCC1C2(C)CCC(O)C(C)(C)C2CCC13C. The van der Waals surface area contributed by atoms with E-state index in [1.54, 1.807) is 11.1 Å². The van der Waals surface area contributed by atoms with Gasteiger partial charge in [-0.3, -0.25) is 4.79 Å². The van der Waals surface area contributed by atoms with Gasteiger partial charge in [0.05, 0.1) is 6.10 Å². The van der Waals surface area contributed by atoms with Gasteiger partial charge in [-0.25, -0.2) is 0 Å². The Morgan fingerprint density at radius 1 is 0.806 bits per heavy atom. The highest BCUT2D eigenvalue weighted by Gasteiger charge is 2.67. The molecule has 31 heavy (non-hydrogen) atoms. The van der Waals surface area contributed by atoms with Gasteiger partial charge in [0.1, 0.15) is 5.78 Å². The highest BCUT2D eigenvalue weighted by atomic mass is 16.3. The number of hydrogen-bond donors (Lipinski definition) is 1. The summed E-state index contributed by atoms with van der Waals surface area (Å²) in [6, 6.07) is 0. The lowest BCUT2D eigenvalue weighted by Gasteiger charge is -2.70. The number of allylic oxidation sites excluding steroid dienone is 2. The largest absolute Gasteiger partial charge is 0.393 e. The molecule has 0 spiro atoms. The molecule has 5 aliphatic rings. The van der Waals surface area contributed by atoms with Crippen LogP contribution in [0.4, 0.5) is 0 Å². The van der Waals surface area contributed by atoms with E-state index in [2.05, 4.69) is 48.5 Å². The summed E-state index contributed by atoms with van der Waals surface area (Å²) < 4.78 is 0. The Bertz CT molecular complexity index is 834. The lowest BCUT2D eigenvalue weighted by Crippen LogP contribution is -2.64. The summed E-state index contributed by atoms with van der Waals surface area (Å²) in [5, 5.41) is 10.8. The number of aliphatic hydroxyl groups is 1. The van der Waals surface area contributed by atoms with E-state index >= 15 is 0 Å². The topological polar surface area (TPSA) is 37.3 Å². The molecule has 0 aromatic rings. The van der Waals surface area contributed by atoms with Crippen LogP contribution in [0.3, 0.4) is 0 Å². The van der Waals surface area contributed by atoms with Crippen LogP contribution in [-0.2, 0) is 4.79 Å². The number of carbonyl (C=O) groups is 1. The van der Waals surface area contributed by atoms with Crippen molar-refractivity contribution in [2.24, 2.45) is 44.8 Å². The van der Waals surface area contributed by atoms with Crippen molar-refractivity contribution >= 4 is 5.78 Å². The minimum Gasteiger partial charge on any atom is -0.393 e. The molecular formula is C29H46O2. The Kier molecular flexibility index (Phi) is 4.64. The fraction of sp³-hybridized carbons (Fsp3) is 0.897. The van der Waals surface area contributed by atoms with E-state index < -0.39 is 0 Å². The second-order valence-corrected chi connectivity index (χ2v) is 14.4. The molecule has 4 saturated carbocycles. The summed E-state index contributed by atoms with van der Waals surface area (Å²) in [7, 11) is 0. The van der Waals surface area contributed by atoms with Gasteiger partial charge in [0.25, 0.3) is 0 Å². The minimum atomic E-state index is -0.173. The van der Waals surface area contributed by atoms with Crippen LogP contribution in [0.15, 0.2) is 11.1 Å². The zero-order chi connectivity index (χ0) is 22.6. The van der Waals surface area contributed by atoms with Gasteiger partial charge in [0.15, 0.2) is 0 Å². The average molecular weight is 427 g/mol. The van der Waals surface area contributed by atoms with E-state index in [0.29, 0.717) is 23.0 Å². The van der Waals surface area contributed by atoms with E-state index in [4.69, 9.17) is 0 Å². The third-order valence-electron chi connectivity index (χ3n) is 12.1. The van der Waals surface area contributed by atoms with Crippen molar-refractivity contribution in [2.45, 2.75) is 119 Å². The van der Waals surface area contributed by atoms with E-state index in [-0.39, 0.29) is 33.7 Å². The molecule has 5 aliphatic carbocycles. The fourth-order valence-corrected chi connectivity index (χ4v) is 10.2. The van der Waals surface area contributed by atoms with Gasteiger partial charge >= 0.3 is 0 Å². The molecule has 0 radical (unpaired) electrons. The first-order chi connectivity index (χ1) is 14.3. The number of hydrogen-bond acceptors (Lipinski definition) is 2. The number of fused-ring (bicyclic) bond motifs is 6. The zero-order valence-electron chi connectivity index (χ0n) is 21.2. The predicted octanol–water partition coefficient (Wildman–Crippen LogP) is 7.10. The van der Waals surface area contributed by atoms with Crippen molar-refractivity contribution in [2.75, 3.05) is 0 Å². The van der Waals surface area contributed by atoms with Gasteiger partial charge in [-0.15, -0.1) is 0 Å². The molecule has 0 amide bonds. The Morgan fingerprint density at radius 2 is 1.52 bits per heavy atom. The molecule has 1 N–H and O–H groups in total. The average Bonchev–Trinajstić information content (AvgIpc) is 2.65. The third-order valence-corrected chi connectivity index (χ3v) is 12.1. The number of carbonyl (C=O) groups excluding carboxylic acids is 1. The van der Waals surface area contributed by atoms with E-state index in [9.17, 15) is 9.90 Å². The van der Waals surface area contributed by atoms with Gasteiger partial charge in [0, 0.05) is 17.8 Å². The molecule has 0 aliphatic heterocycles. The molecule has 0 heterocycles. The first-order valence-electron chi connectivity index (χ1n) is 13.2. The van der Waals surface area contributed by atoms with Crippen LogP contribution in [0.5, 0.6) is 0 Å². The maximum Gasteiger partial charge on any atom is 0.140 e. The fourth-order valence-electron chi connectivity index (χ4n) is 10.2. The first-order valence-corrected chi connectivity index (χ1v) is 13.2. The van der Waals surface area contributed by atoms with E-state index in [0.717, 1.165) is 32.1 Å². The molecule has 2 nitrogen and oxygen atoms in total. The molecule has 7 unspecified atom stereocenters. The Labute approximate surface area is 190 Å². The summed E-state index contributed by atoms with van der Waals surface area (Å²) >= 11 is 0. The summed E-state index contributed by atoms with van der Waals surface area (Å²) in [5.41, 5.74) is 4.11. The van der Waals surface area contributed by atoms with Crippen molar-refractivity contribution in [3.05, 3.63) is 11.1 Å². The Balaban J connectivity index is 1.60. The van der Waals surface area contributed by atoms with Crippen molar-refractivity contribution in [1.82, 2.24) is 0 Å². The molecule has 174 valence electrons. The molecule has 7 atom stereocenters. The summed E-state index contributed by atoms with van der Waals surface area (Å²) in [6.07, 6.45) is 11.0. The highest BCUT2D eigenvalue weighted by Crippen LogP contribution is 2.74. The van der Waals surface area contributed by atoms with Crippen LogP contribution in [0.25, 0.3) is 0 Å². The third kappa shape index (κ3) is 2.75. The van der Waals surface area contributed by atoms with Gasteiger partial charge in [-0.2, -0.15) is 0 Å². The van der Waals surface area contributed by atoms with Crippen LogP contribution < -0.4 is 0 Å². The monoisotopic (exact) mass is 426 g/mol. The molecule has 0 aromatic carbocycles. The van der Waals surface area contributed by atoms with Crippen LogP contribution in [-0.4, -0.2) is 17.0 Å². The highest BCUT2D eigenvalue weighted by molar-refractivity contribution is 5.87. The quantitative estimate of drug-likeness (QED) is 0.419. The summed E-state index contributed by atoms with van der Waals surface area (Å²) in [6.45, 7) is 17.1. The standard InChI is InChI=1S/C29H46O2/c1-25(2)13-10-18-19(16-25)20-8-9-23-27(5)14-12-24(31)26(3,4)22(27)11-15-28(23,6)29(20,7)17-21(18)30/h18,22-24,31H,8-17H2,1-7H3. The predicted molar refractivity (Wildman–Crippen MR) is 127 cm³/mol. The van der Waals surface area contributed by atoms with Crippen LogP contribution in [0.2, 0.25) is 0 Å². The first kappa shape index (κ1) is 22.2. The molecule has 0 aromatic heterocycles. The second-order valence-electron chi connectivity index (χ2n) is 14.4. The lowest BCUT2D eigenvalue weighted by molar-refractivity contribution is -0.203. The Hall–Kier alpha value is -0.630. The van der Waals surface area contributed by atoms with Gasteiger partial charge in [-0.05, 0) is 91.3 Å². The number of ketones is 1. The smallest absolute Gasteiger partial charge is 0.140 e. The number of Topliss-reactive ketones (excluding diaryl/α,β-unsaturated/α-hetero) is 1. The lowest BCUT2D eigenvalue weighted by atomic mass is 9.34. The molecule has 0 saturated heterocycles. The molecular weight excluding hydrogens is 380 g/mol. The Morgan fingerprint density at radius 3 is 2.23 bits per heavy atom. The summed E-state index contributed by atoms with van der Waals surface area (Å²) in [4.78, 5) is 13.6. The summed E-state index contributed by atoms with van der Waals surface area (Å²) in [5.74, 6) is 2.01. The van der Waals surface area contributed by atoms with Crippen LogP contribution in [0.1, 0.15) is 113 Å². The normalized spacial score (nSPS) is 50.8. The van der Waals surface area contributed by atoms with Crippen molar-refractivity contribution in [1.29, 1.82) is 0 Å². The molecule has 5 rings (SSSR count). The van der Waals surface area contributed by atoms with Crippen molar-refractivity contribution in [3.63, 3.8) is 0 Å². The zero-order valence-corrected chi connectivity index (χ0v) is 21.2. The number of aliphatic hydroxyl groups excluding tert-OH is 1. The maximum atomic E-state index is 13.6. The number of rotatable bonds is 0. The van der Waals surface area contributed by atoms with Gasteiger partial charge < -0.3 is 5.11 Å². The van der Waals surface area contributed by atoms with Crippen LogP contribution in [0, 0.1) is 44.8 Å². The van der Waals surface area contributed by atoms with Crippen molar-refractivity contribution < 1.29 is 9.90 Å². The van der Waals surface area contributed by atoms with E-state index in [1.807, 2.05) is 0 Å². The maximum absolute atomic E-state index is 13.6.